The lowest BCUT2D eigenvalue weighted by molar-refractivity contribution is -0.134. The van der Waals surface area contributed by atoms with Gasteiger partial charge in [0, 0.05) is 25.4 Å². The standard InChI is InChI=1S/C16H21FN2O2/c1-2-5-15(20)19-10-8-12(9-11-19)16(21)18-14-7-4-3-6-13(14)17/h3-4,6-7,12H,2,5,8-11H2,1H3,(H,18,21). The highest BCUT2D eigenvalue weighted by atomic mass is 19.1. The lowest BCUT2D eigenvalue weighted by atomic mass is 9.95. The first-order valence-electron chi connectivity index (χ1n) is 7.45. The minimum Gasteiger partial charge on any atom is -0.343 e. The molecule has 21 heavy (non-hydrogen) atoms. The molecule has 0 radical (unpaired) electrons. The fourth-order valence-electron chi connectivity index (χ4n) is 2.56. The van der Waals surface area contributed by atoms with E-state index in [1.54, 1.807) is 18.2 Å². The molecule has 1 saturated heterocycles. The fraction of sp³-hybridized carbons (Fsp3) is 0.500. The Morgan fingerprint density at radius 1 is 1.29 bits per heavy atom. The Hall–Kier alpha value is -1.91. The number of amides is 2. The van der Waals surface area contributed by atoms with Gasteiger partial charge in [-0.25, -0.2) is 4.39 Å². The van der Waals surface area contributed by atoms with Crippen LogP contribution >= 0.6 is 0 Å². The highest BCUT2D eigenvalue weighted by Gasteiger charge is 2.27. The van der Waals surface area contributed by atoms with Crippen molar-refractivity contribution in [1.29, 1.82) is 0 Å². The molecule has 0 saturated carbocycles. The molecule has 0 atom stereocenters. The van der Waals surface area contributed by atoms with Crippen LogP contribution in [-0.2, 0) is 9.59 Å². The summed E-state index contributed by atoms with van der Waals surface area (Å²) in [6.07, 6.45) is 2.67. The van der Waals surface area contributed by atoms with Gasteiger partial charge in [-0.3, -0.25) is 9.59 Å². The van der Waals surface area contributed by atoms with Crippen molar-refractivity contribution in [1.82, 2.24) is 4.90 Å². The van der Waals surface area contributed by atoms with Crippen molar-refractivity contribution in [2.45, 2.75) is 32.6 Å². The highest BCUT2D eigenvalue weighted by Crippen LogP contribution is 2.21. The Morgan fingerprint density at radius 3 is 2.57 bits per heavy atom. The largest absolute Gasteiger partial charge is 0.343 e. The number of nitrogens with one attached hydrogen (secondary N) is 1. The first-order chi connectivity index (χ1) is 10.1. The number of halogens is 1. The second-order valence-corrected chi connectivity index (χ2v) is 5.37. The van der Waals surface area contributed by atoms with Crippen LogP contribution in [0.4, 0.5) is 10.1 Å². The van der Waals surface area contributed by atoms with Gasteiger partial charge in [0.25, 0.3) is 0 Å². The molecule has 2 rings (SSSR count). The van der Waals surface area contributed by atoms with Crippen LogP contribution in [0, 0.1) is 11.7 Å². The Balaban J connectivity index is 1.86. The van der Waals surface area contributed by atoms with E-state index in [0.29, 0.717) is 32.4 Å². The third-order valence-corrected chi connectivity index (χ3v) is 3.81. The summed E-state index contributed by atoms with van der Waals surface area (Å²) in [5.74, 6) is -0.593. The normalized spacial score (nSPS) is 15.8. The van der Waals surface area contributed by atoms with Gasteiger partial charge in [-0.15, -0.1) is 0 Å². The molecular formula is C16H21FN2O2. The highest BCUT2D eigenvalue weighted by molar-refractivity contribution is 5.92. The summed E-state index contributed by atoms with van der Waals surface area (Å²) in [6.45, 7) is 3.19. The van der Waals surface area contributed by atoms with Gasteiger partial charge in [-0.05, 0) is 31.4 Å². The summed E-state index contributed by atoms with van der Waals surface area (Å²) in [5, 5.41) is 2.63. The van der Waals surface area contributed by atoms with Crippen LogP contribution in [0.25, 0.3) is 0 Å². The second kappa shape index (κ2) is 7.20. The zero-order valence-electron chi connectivity index (χ0n) is 12.3. The van der Waals surface area contributed by atoms with Crippen molar-refractivity contribution in [3.63, 3.8) is 0 Å². The van der Waals surface area contributed by atoms with E-state index in [9.17, 15) is 14.0 Å². The first-order valence-corrected chi connectivity index (χ1v) is 7.45. The molecule has 0 unspecified atom stereocenters. The summed E-state index contributed by atoms with van der Waals surface area (Å²) in [4.78, 5) is 25.7. The van der Waals surface area contributed by atoms with E-state index in [1.165, 1.54) is 6.07 Å². The number of anilines is 1. The summed E-state index contributed by atoms with van der Waals surface area (Å²) >= 11 is 0. The van der Waals surface area contributed by atoms with Crippen molar-refractivity contribution in [3.8, 4) is 0 Å². The number of hydrogen-bond donors (Lipinski definition) is 1. The molecule has 0 bridgehead atoms. The topological polar surface area (TPSA) is 49.4 Å². The van der Waals surface area contributed by atoms with Crippen LogP contribution in [0.5, 0.6) is 0 Å². The molecule has 1 fully saturated rings. The quantitative estimate of drug-likeness (QED) is 0.927. The molecule has 4 nitrogen and oxygen atoms in total. The minimum absolute atomic E-state index is 0.157. The van der Waals surface area contributed by atoms with Crippen molar-refractivity contribution in [2.75, 3.05) is 18.4 Å². The Labute approximate surface area is 124 Å². The maximum absolute atomic E-state index is 13.5. The van der Waals surface area contributed by atoms with Gasteiger partial charge in [0.15, 0.2) is 0 Å². The molecular weight excluding hydrogens is 271 g/mol. The third kappa shape index (κ3) is 4.03. The monoisotopic (exact) mass is 292 g/mol. The van der Waals surface area contributed by atoms with Crippen molar-refractivity contribution >= 4 is 17.5 Å². The number of para-hydroxylation sites is 1. The van der Waals surface area contributed by atoms with Gasteiger partial charge in [0.05, 0.1) is 5.69 Å². The number of rotatable bonds is 4. The van der Waals surface area contributed by atoms with Crippen LogP contribution in [0.15, 0.2) is 24.3 Å². The molecule has 1 aromatic carbocycles. The molecule has 0 aromatic heterocycles. The first kappa shape index (κ1) is 15.5. The number of nitrogens with zero attached hydrogens (tertiary/aromatic N) is 1. The maximum Gasteiger partial charge on any atom is 0.227 e. The van der Waals surface area contributed by atoms with Crippen LogP contribution in [0.2, 0.25) is 0 Å². The van der Waals surface area contributed by atoms with Gasteiger partial charge in [-0.2, -0.15) is 0 Å². The van der Waals surface area contributed by atoms with Gasteiger partial charge < -0.3 is 10.2 Å². The lowest BCUT2D eigenvalue weighted by Gasteiger charge is -2.31. The van der Waals surface area contributed by atoms with Crippen LogP contribution in [0.1, 0.15) is 32.6 Å². The van der Waals surface area contributed by atoms with Crippen LogP contribution in [0.3, 0.4) is 0 Å². The molecule has 1 aliphatic rings. The average molecular weight is 292 g/mol. The molecule has 5 heteroatoms. The molecule has 1 aromatic rings. The smallest absolute Gasteiger partial charge is 0.227 e. The Kier molecular flexibility index (Phi) is 5.31. The maximum atomic E-state index is 13.5. The number of piperidine rings is 1. The van der Waals surface area contributed by atoms with Crippen LogP contribution < -0.4 is 5.32 Å². The van der Waals surface area contributed by atoms with Crippen LogP contribution in [-0.4, -0.2) is 29.8 Å². The van der Waals surface area contributed by atoms with Crippen molar-refractivity contribution in [2.24, 2.45) is 5.92 Å². The molecule has 1 aliphatic heterocycles. The second-order valence-electron chi connectivity index (χ2n) is 5.37. The van der Waals surface area contributed by atoms with E-state index in [4.69, 9.17) is 0 Å². The van der Waals surface area contributed by atoms with Gasteiger partial charge in [0.1, 0.15) is 5.82 Å². The summed E-state index contributed by atoms with van der Waals surface area (Å²) < 4.78 is 13.5. The number of hydrogen-bond acceptors (Lipinski definition) is 2. The minimum atomic E-state index is -0.429. The molecule has 0 spiro atoms. The predicted molar refractivity (Wildman–Crippen MR) is 79.2 cm³/mol. The molecule has 114 valence electrons. The lowest BCUT2D eigenvalue weighted by Crippen LogP contribution is -2.41. The van der Waals surface area contributed by atoms with E-state index in [-0.39, 0.29) is 23.4 Å². The number of benzene rings is 1. The van der Waals surface area contributed by atoms with Gasteiger partial charge >= 0.3 is 0 Å². The van der Waals surface area contributed by atoms with E-state index >= 15 is 0 Å². The number of likely N-dealkylation sites (tertiary alicyclic amines) is 1. The van der Waals surface area contributed by atoms with Gasteiger partial charge in [0.2, 0.25) is 11.8 Å². The predicted octanol–water partition coefficient (Wildman–Crippen LogP) is 2.80. The van der Waals surface area contributed by atoms with E-state index < -0.39 is 5.82 Å². The molecule has 1 N–H and O–H groups in total. The van der Waals surface area contributed by atoms with Crippen molar-refractivity contribution in [3.05, 3.63) is 30.1 Å². The average Bonchev–Trinajstić information content (AvgIpc) is 2.50. The summed E-state index contributed by atoms with van der Waals surface area (Å²) in [6, 6.07) is 6.14. The van der Waals surface area contributed by atoms with Gasteiger partial charge in [-0.1, -0.05) is 19.1 Å². The van der Waals surface area contributed by atoms with E-state index in [1.807, 2.05) is 11.8 Å². The summed E-state index contributed by atoms with van der Waals surface area (Å²) in [7, 11) is 0. The molecule has 1 heterocycles. The molecule has 2 amide bonds. The Morgan fingerprint density at radius 2 is 1.95 bits per heavy atom. The summed E-state index contributed by atoms with van der Waals surface area (Å²) in [5.41, 5.74) is 0.215. The van der Waals surface area contributed by atoms with E-state index in [2.05, 4.69) is 5.32 Å². The zero-order chi connectivity index (χ0) is 15.2. The number of carbonyl (C=O) groups excluding carboxylic acids is 2. The zero-order valence-corrected chi connectivity index (χ0v) is 12.3. The SMILES string of the molecule is CCCC(=O)N1CCC(C(=O)Nc2ccccc2F)CC1. The number of carbonyl (C=O) groups is 2. The third-order valence-electron chi connectivity index (χ3n) is 3.81. The fourth-order valence-corrected chi connectivity index (χ4v) is 2.56. The van der Waals surface area contributed by atoms with Crippen molar-refractivity contribution < 1.29 is 14.0 Å². The molecule has 0 aliphatic carbocycles. The van der Waals surface area contributed by atoms with E-state index in [0.717, 1.165) is 6.42 Å². The Bertz CT molecular complexity index is 511.